The molecule has 0 aliphatic rings. The maximum Gasteiger partial charge on any atom is 0.0639 e. The fraction of sp³-hybridized carbons (Fsp3) is 1.00. The first-order chi connectivity index (χ1) is 6.16. The van der Waals surface area contributed by atoms with Crippen molar-refractivity contribution < 1.29 is 4.18 Å². The minimum Gasteiger partial charge on any atom is -0.312 e. The zero-order chi connectivity index (χ0) is 10.1. The van der Waals surface area contributed by atoms with Gasteiger partial charge in [-0.2, -0.15) is 0 Å². The van der Waals surface area contributed by atoms with Crippen LogP contribution >= 0.6 is 0 Å². The molecule has 0 N–H and O–H groups in total. The highest BCUT2D eigenvalue weighted by Crippen LogP contribution is 2.02. The molecule has 0 fully saturated rings. The first kappa shape index (κ1) is 13.5. The Hall–Kier alpha value is 0.530. The molecule has 1 unspecified atom stereocenters. The topological polar surface area (TPSA) is 9.23 Å². The summed E-state index contributed by atoms with van der Waals surface area (Å²) in [4.78, 5) is 0. The monoisotopic (exact) mass is 222 g/mol. The van der Waals surface area contributed by atoms with Crippen molar-refractivity contribution in [3.63, 3.8) is 0 Å². The van der Waals surface area contributed by atoms with Crippen LogP contribution in [0.5, 0.6) is 0 Å². The number of hydrogen-bond donors (Lipinski definition) is 0. The Kier molecular flexibility index (Phi) is 9.47. The molecule has 0 rings (SSSR count). The summed E-state index contributed by atoms with van der Waals surface area (Å²) in [6, 6.07) is 0. The maximum absolute atomic E-state index is 5.53. The molecule has 0 aromatic heterocycles. The molecule has 0 saturated carbocycles. The van der Waals surface area contributed by atoms with Crippen LogP contribution in [0.3, 0.4) is 0 Å². The fourth-order valence-electron chi connectivity index (χ4n) is 0.918. The Morgan fingerprint density at radius 1 is 1.23 bits per heavy atom. The van der Waals surface area contributed by atoms with E-state index in [1.54, 1.807) is 0 Å². The molecule has 0 aliphatic carbocycles. The van der Waals surface area contributed by atoms with E-state index in [9.17, 15) is 0 Å². The van der Waals surface area contributed by atoms with E-state index in [1.165, 1.54) is 25.7 Å². The van der Waals surface area contributed by atoms with Crippen molar-refractivity contribution >= 4 is 20.9 Å². The highest BCUT2D eigenvalue weighted by molar-refractivity contribution is 8.26. The zero-order valence-electron chi connectivity index (χ0n) is 9.04. The van der Waals surface area contributed by atoms with E-state index in [2.05, 4.69) is 20.8 Å². The van der Waals surface area contributed by atoms with Gasteiger partial charge in [-0.3, -0.25) is 0 Å². The van der Waals surface area contributed by atoms with E-state index in [0.29, 0.717) is 5.92 Å². The third-order valence-corrected chi connectivity index (χ3v) is 3.51. The van der Waals surface area contributed by atoms with E-state index >= 15 is 0 Å². The van der Waals surface area contributed by atoms with Gasteiger partial charge in [0.15, 0.2) is 0 Å². The summed E-state index contributed by atoms with van der Waals surface area (Å²) >= 11 is 5.21. The van der Waals surface area contributed by atoms with Crippen molar-refractivity contribution in [2.24, 2.45) is 5.92 Å². The molecule has 0 radical (unpaired) electrons. The lowest BCUT2D eigenvalue weighted by Crippen LogP contribution is -2.06. The smallest absolute Gasteiger partial charge is 0.0639 e. The lowest BCUT2D eigenvalue weighted by atomic mass is 10.2. The zero-order valence-corrected chi connectivity index (χ0v) is 10.7. The van der Waals surface area contributed by atoms with Gasteiger partial charge in [-0.05, 0) is 23.5 Å². The van der Waals surface area contributed by atoms with Crippen molar-refractivity contribution in [3.05, 3.63) is 0 Å². The summed E-state index contributed by atoms with van der Waals surface area (Å²) in [6.45, 7) is 7.36. The highest BCUT2D eigenvalue weighted by Gasteiger charge is 1.98. The summed E-state index contributed by atoms with van der Waals surface area (Å²) < 4.78 is 5.53. The van der Waals surface area contributed by atoms with Crippen LogP contribution < -0.4 is 0 Å². The van der Waals surface area contributed by atoms with Gasteiger partial charge in [0.25, 0.3) is 0 Å². The van der Waals surface area contributed by atoms with Crippen molar-refractivity contribution in [1.29, 1.82) is 0 Å². The second-order valence-electron chi connectivity index (χ2n) is 3.75. The van der Waals surface area contributed by atoms with Gasteiger partial charge in [-0.25, -0.2) is 0 Å². The average molecular weight is 222 g/mol. The molecular weight excluding hydrogens is 200 g/mol. The van der Waals surface area contributed by atoms with E-state index in [1.807, 2.05) is 0 Å². The average Bonchev–Trinajstić information content (AvgIpc) is 2.09. The molecule has 1 atom stereocenters. The molecule has 0 saturated heterocycles. The molecule has 0 heterocycles. The van der Waals surface area contributed by atoms with E-state index in [4.69, 9.17) is 15.4 Å². The lowest BCUT2D eigenvalue weighted by molar-refractivity contribution is 0.311. The molecular formula is C10H22OS2. The minimum atomic E-state index is -0.211. The van der Waals surface area contributed by atoms with E-state index in [-0.39, 0.29) is 9.74 Å². The first-order valence-corrected chi connectivity index (χ1v) is 7.42. The molecule has 0 amide bonds. The molecule has 80 valence electrons. The molecule has 0 spiro atoms. The molecule has 1 nitrogen and oxygen atoms in total. The summed E-state index contributed by atoms with van der Waals surface area (Å²) in [6.07, 6.45) is 5.16. The Morgan fingerprint density at radius 3 is 2.46 bits per heavy atom. The van der Waals surface area contributed by atoms with Crippen LogP contribution in [-0.2, 0) is 25.1 Å². The third kappa shape index (κ3) is 10.5. The predicted octanol–water partition coefficient (Wildman–Crippen LogP) is 3.23. The largest absolute Gasteiger partial charge is 0.312 e. The predicted molar refractivity (Wildman–Crippen MR) is 64.5 cm³/mol. The lowest BCUT2D eigenvalue weighted by Gasteiger charge is -2.08. The van der Waals surface area contributed by atoms with Gasteiger partial charge in [-0.15, -0.1) is 0 Å². The van der Waals surface area contributed by atoms with Gasteiger partial charge in [-0.1, -0.05) is 40.0 Å². The van der Waals surface area contributed by atoms with Crippen LogP contribution in [0, 0.1) is 5.92 Å². The summed E-state index contributed by atoms with van der Waals surface area (Å²) in [7, 11) is -0.211. The van der Waals surface area contributed by atoms with Crippen LogP contribution in [0.4, 0.5) is 0 Å². The van der Waals surface area contributed by atoms with Crippen molar-refractivity contribution in [3.8, 4) is 0 Å². The van der Waals surface area contributed by atoms with E-state index in [0.717, 1.165) is 12.4 Å². The highest BCUT2D eigenvalue weighted by atomic mass is 32.8. The normalized spacial score (nSPS) is 13.5. The second kappa shape index (κ2) is 9.10. The van der Waals surface area contributed by atoms with Gasteiger partial charge in [0.05, 0.1) is 6.61 Å². The van der Waals surface area contributed by atoms with Crippen LogP contribution in [0.2, 0.25) is 0 Å². The quantitative estimate of drug-likeness (QED) is 0.583. The Bertz CT molecular complexity index is 135. The summed E-state index contributed by atoms with van der Waals surface area (Å²) in [5, 5.41) is 0. The second-order valence-corrected chi connectivity index (χ2v) is 6.11. The molecule has 3 heteroatoms. The summed E-state index contributed by atoms with van der Waals surface area (Å²) in [5.41, 5.74) is 0. The standard InChI is InChI=1S/C10H22OS2/c1-4-5-6-7-8-13(12)11-9-10(2)3/h10H,4-9H2,1-3H3. The Balaban J connectivity index is 3.20. The molecule has 0 aliphatic heterocycles. The Labute approximate surface area is 90.0 Å². The molecule has 0 aromatic carbocycles. The number of unbranched alkanes of at least 4 members (excludes halogenated alkanes) is 3. The first-order valence-electron chi connectivity index (χ1n) is 5.18. The van der Waals surface area contributed by atoms with Crippen molar-refractivity contribution in [2.45, 2.75) is 46.5 Å². The van der Waals surface area contributed by atoms with Crippen LogP contribution in [0.15, 0.2) is 0 Å². The van der Waals surface area contributed by atoms with Crippen LogP contribution in [0.1, 0.15) is 46.5 Å². The van der Waals surface area contributed by atoms with Crippen molar-refractivity contribution in [1.82, 2.24) is 0 Å². The van der Waals surface area contributed by atoms with Gasteiger partial charge in [0.2, 0.25) is 0 Å². The van der Waals surface area contributed by atoms with Crippen LogP contribution in [-0.4, -0.2) is 12.4 Å². The summed E-state index contributed by atoms with van der Waals surface area (Å²) in [5.74, 6) is 1.68. The van der Waals surface area contributed by atoms with Crippen LogP contribution in [0.25, 0.3) is 0 Å². The Morgan fingerprint density at radius 2 is 1.92 bits per heavy atom. The fourth-order valence-corrected chi connectivity index (χ4v) is 2.42. The third-order valence-electron chi connectivity index (χ3n) is 1.70. The molecule has 0 bridgehead atoms. The van der Waals surface area contributed by atoms with Gasteiger partial charge in [0, 0.05) is 15.5 Å². The van der Waals surface area contributed by atoms with Gasteiger partial charge >= 0.3 is 0 Å². The maximum atomic E-state index is 5.53. The van der Waals surface area contributed by atoms with Gasteiger partial charge < -0.3 is 4.18 Å². The SMILES string of the molecule is CCCCCCS(=S)OCC(C)C. The van der Waals surface area contributed by atoms with Crippen molar-refractivity contribution in [2.75, 3.05) is 12.4 Å². The van der Waals surface area contributed by atoms with Gasteiger partial charge in [0.1, 0.15) is 0 Å². The molecule has 13 heavy (non-hydrogen) atoms. The minimum absolute atomic E-state index is 0.211. The number of hydrogen-bond acceptors (Lipinski definition) is 2. The van der Waals surface area contributed by atoms with E-state index < -0.39 is 0 Å². The molecule has 0 aromatic rings. The number of rotatable bonds is 8.